The van der Waals surface area contributed by atoms with Crippen LogP contribution >= 0.6 is 0 Å². The number of phenolic OH excluding ortho intramolecular Hbond substituents is 1. The fourth-order valence-corrected chi connectivity index (χ4v) is 3.65. The second-order valence-corrected chi connectivity index (χ2v) is 9.15. The number of carbonyl (C=O) groups is 1. The van der Waals surface area contributed by atoms with Gasteiger partial charge < -0.3 is 10.0 Å². The summed E-state index contributed by atoms with van der Waals surface area (Å²) in [6.07, 6.45) is 10.9. The number of aromatic hydroxyl groups is 1. The summed E-state index contributed by atoms with van der Waals surface area (Å²) < 4.78 is 0. The third-order valence-corrected chi connectivity index (χ3v) is 5.86. The minimum Gasteiger partial charge on any atom is -0.508 e. The third-order valence-electron chi connectivity index (χ3n) is 5.86. The molecule has 0 bridgehead atoms. The molecule has 1 heterocycles. The highest BCUT2D eigenvalue weighted by atomic mass is 16.3. The van der Waals surface area contributed by atoms with Crippen LogP contribution in [-0.2, 0) is 11.2 Å². The van der Waals surface area contributed by atoms with Gasteiger partial charge in [-0.3, -0.25) is 4.79 Å². The van der Waals surface area contributed by atoms with Gasteiger partial charge in [-0.15, -0.1) is 0 Å². The van der Waals surface area contributed by atoms with Gasteiger partial charge in [0.05, 0.1) is 0 Å². The summed E-state index contributed by atoms with van der Waals surface area (Å²) in [6.45, 7) is 16.2. The van der Waals surface area contributed by atoms with Crippen LogP contribution in [0.1, 0.15) is 69.6 Å². The number of Topliss-reactive ketones (excluding diaryl/α,β-unsaturated/α-hetero) is 1. The molecule has 2 aromatic rings. The number of aryl methyl sites for hydroxylation is 3. The smallest absolute Gasteiger partial charge is 0.134 e. The fourth-order valence-electron chi connectivity index (χ4n) is 3.65. The van der Waals surface area contributed by atoms with Crippen LogP contribution in [-0.4, -0.2) is 28.9 Å². The molecule has 3 rings (SSSR count). The van der Waals surface area contributed by atoms with Gasteiger partial charge in [0.1, 0.15) is 11.5 Å². The molecule has 0 aliphatic carbocycles. The van der Waals surface area contributed by atoms with Gasteiger partial charge in [0, 0.05) is 24.7 Å². The summed E-state index contributed by atoms with van der Waals surface area (Å²) >= 11 is 0. The van der Waals surface area contributed by atoms with Gasteiger partial charge in [0.2, 0.25) is 0 Å². The van der Waals surface area contributed by atoms with Gasteiger partial charge in [-0.05, 0) is 70.2 Å². The maximum Gasteiger partial charge on any atom is 0.134 e. The Kier molecular flexibility index (Phi) is 14.4. The number of rotatable bonds is 7. The van der Waals surface area contributed by atoms with E-state index in [1.54, 1.807) is 19.1 Å². The normalized spacial score (nSPS) is 15.1. The molecule has 3 heteroatoms. The van der Waals surface area contributed by atoms with Gasteiger partial charge in [-0.25, -0.2) is 0 Å². The first-order valence-electron chi connectivity index (χ1n) is 12.7. The van der Waals surface area contributed by atoms with Crippen molar-refractivity contribution >= 4 is 5.78 Å². The summed E-state index contributed by atoms with van der Waals surface area (Å²) in [7, 11) is 0. The average molecular weight is 464 g/mol. The molecular formula is C31H45NO2. The topological polar surface area (TPSA) is 40.5 Å². The molecule has 3 nitrogen and oxygen atoms in total. The van der Waals surface area contributed by atoms with E-state index in [-0.39, 0.29) is 5.92 Å². The highest BCUT2D eigenvalue weighted by molar-refractivity contribution is 5.78. The zero-order chi connectivity index (χ0) is 25.3. The van der Waals surface area contributed by atoms with Crippen LogP contribution in [0.4, 0.5) is 0 Å². The zero-order valence-electron chi connectivity index (χ0n) is 22.0. The molecule has 1 aliphatic rings. The van der Waals surface area contributed by atoms with Crippen molar-refractivity contribution in [3.05, 3.63) is 89.6 Å². The van der Waals surface area contributed by atoms with Gasteiger partial charge >= 0.3 is 0 Å². The number of unbranched alkanes of at least 4 members (excludes halogenated alkanes) is 1. The summed E-state index contributed by atoms with van der Waals surface area (Å²) in [6, 6.07) is 15.9. The maximum atomic E-state index is 11.4. The molecule has 0 spiro atoms. The first kappa shape index (κ1) is 29.2. The molecule has 1 saturated heterocycles. The maximum absolute atomic E-state index is 11.4. The highest BCUT2D eigenvalue weighted by Crippen LogP contribution is 2.20. The molecule has 1 N–H and O–H groups in total. The molecule has 1 aliphatic heterocycles. The van der Waals surface area contributed by atoms with E-state index >= 15 is 0 Å². The predicted molar refractivity (Wildman–Crippen MR) is 146 cm³/mol. The lowest BCUT2D eigenvalue weighted by atomic mass is 9.94. The van der Waals surface area contributed by atoms with E-state index in [2.05, 4.69) is 75.6 Å². The summed E-state index contributed by atoms with van der Waals surface area (Å²) in [5.41, 5.74) is 5.01. The van der Waals surface area contributed by atoms with Crippen LogP contribution in [0.15, 0.2) is 73.0 Å². The molecule has 1 fully saturated rings. The average Bonchev–Trinajstić information content (AvgIpc) is 2.83. The fraction of sp³-hybridized carbons (Fsp3) is 0.452. The zero-order valence-corrected chi connectivity index (χ0v) is 22.0. The molecule has 0 radical (unpaired) electrons. The van der Waals surface area contributed by atoms with Crippen molar-refractivity contribution in [2.24, 2.45) is 5.92 Å². The van der Waals surface area contributed by atoms with Gasteiger partial charge in [-0.2, -0.15) is 0 Å². The van der Waals surface area contributed by atoms with Crippen molar-refractivity contribution in [2.45, 2.75) is 73.1 Å². The Hall–Kier alpha value is -2.81. The number of likely N-dealkylation sites (tertiary alicyclic amines) is 1. The molecular weight excluding hydrogens is 418 g/mol. The van der Waals surface area contributed by atoms with Gasteiger partial charge in [-0.1, -0.05) is 86.9 Å². The number of piperidine rings is 1. The number of benzene rings is 2. The summed E-state index contributed by atoms with van der Waals surface area (Å²) in [5.74, 6) is 0.875. The van der Waals surface area contributed by atoms with Crippen molar-refractivity contribution in [1.29, 1.82) is 0 Å². The molecule has 0 amide bonds. The van der Waals surface area contributed by atoms with Crippen molar-refractivity contribution in [3.8, 4) is 5.75 Å². The highest BCUT2D eigenvalue weighted by Gasteiger charge is 2.22. The minimum atomic E-state index is 0.213. The molecule has 0 aromatic heterocycles. The lowest BCUT2D eigenvalue weighted by Gasteiger charge is -2.33. The number of allylic oxidation sites excluding steroid dienone is 2. The molecule has 186 valence electrons. The number of hydrogen-bond donors (Lipinski definition) is 1. The Labute approximate surface area is 208 Å². The molecule has 0 saturated carbocycles. The summed E-state index contributed by atoms with van der Waals surface area (Å²) in [5, 5.41) is 8.92. The molecule has 2 aromatic carbocycles. The Bertz CT molecular complexity index is 844. The van der Waals surface area contributed by atoms with Crippen LogP contribution in [0.5, 0.6) is 5.75 Å². The molecule has 1 atom stereocenters. The number of ketones is 1. The van der Waals surface area contributed by atoms with E-state index in [9.17, 15) is 4.79 Å². The van der Waals surface area contributed by atoms with Crippen molar-refractivity contribution < 1.29 is 9.90 Å². The van der Waals surface area contributed by atoms with E-state index in [0.717, 1.165) is 50.9 Å². The Morgan fingerprint density at radius 1 is 1.03 bits per heavy atom. The molecule has 1 unspecified atom stereocenters. The quantitative estimate of drug-likeness (QED) is 0.426. The monoisotopic (exact) mass is 463 g/mol. The molecule has 34 heavy (non-hydrogen) atoms. The number of nitrogens with zero attached hydrogens (tertiary/aromatic N) is 1. The number of carbonyl (C=O) groups excluding carboxylic acids is 1. The standard InChI is InChI=1S/C14H23NO.C9H12O.C8H10/c1-4-5-6-8-12(2)15-10-7-9-14(11-15)13(3)16;1-2-3-8-4-6-9(10)7-5-8;1-7-3-5-8(2)6-4-7/h6,8,14H,2,4-5,7,9-11H2,1,3H3;4-7,10H,2-3H2,1H3;3-6H,1-2H3/b8-6-;;. The Morgan fingerprint density at radius 2 is 1.62 bits per heavy atom. The first-order valence-corrected chi connectivity index (χ1v) is 12.7. The lowest BCUT2D eigenvalue weighted by molar-refractivity contribution is -0.122. The SMILES string of the molecule is C=C(/C=C\CCC)N1CCCC(C(C)=O)C1.CCCc1ccc(O)cc1.Cc1ccc(C)cc1. The van der Waals surface area contributed by atoms with E-state index in [1.165, 1.54) is 23.1 Å². The summed E-state index contributed by atoms with van der Waals surface area (Å²) in [4.78, 5) is 13.6. The van der Waals surface area contributed by atoms with Gasteiger partial charge in [0.15, 0.2) is 0 Å². The van der Waals surface area contributed by atoms with Crippen molar-refractivity contribution in [2.75, 3.05) is 13.1 Å². The van der Waals surface area contributed by atoms with Crippen molar-refractivity contribution in [3.63, 3.8) is 0 Å². The van der Waals surface area contributed by atoms with Crippen LogP contribution in [0.25, 0.3) is 0 Å². The Balaban J connectivity index is 0.000000274. The van der Waals surface area contributed by atoms with Crippen LogP contribution in [0.3, 0.4) is 0 Å². The number of hydrogen-bond acceptors (Lipinski definition) is 3. The third kappa shape index (κ3) is 12.4. The first-order chi connectivity index (χ1) is 16.3. The van der Waals surface area contributed by atoms with Crippen LogP contribution in [0, 0.1) is 19.8 Å². The second-order valence-electron chi connectivity index (χ2n) is 9.15. The van der Waals surface area contributed by atoms with E-state index in [1.807, 2.05) is 12.1 Å². The second kappa shape index (κ2) is 16.7. The van der Waals surface area contributed by atoms with Crippen LogP contribution in [0.2, 0.25) is 0 Å². The van der Waals surface area contributed by atoms with Gasteiger partial charge in [0.25, 0.3) is 0 Å². The largest absolute Gasteiger partial charge is 0.508 e. The van der Waals surface area contributed by atoms with E-state index in [4.69, 9.17) is 5.11 Å². The number of phenols is 1. The lowest BCUT2D eigenvalue weighted by Crippen LogP contribution is -2.36. The predicted octanol–water partition coefficient (Wildman–Crippen LogP) is 7.81. The van der Waals surface area contributed by atoms with E-state index in [0.29, 0.717) is 11.5 Å². The van der Waals surface area contributed by atoms with E-state index < -0.39 is 0 Å². The van der Waals surface area contributed by atoms with Crippen LogP contribution < -0.4 is 0 Å². The van der Waals surface area contributed by atoms with Crippen molar-refractivity contribution in [1.82, 2.24) is 4.90 Å². The minimum absolute atomic E-state index is 0.213. The Morgan fingerprint density at radius 3 is 2.12 bits per heavy atom.